The minimum absolute atomic E-state index is 0.295. The molecular formula is C23H39N3O. The quantitative estimate of drug-likeness (QED) is 0.830. The average Bonchev–Trinajstić information content (AvgIpc) is 2.61. The fourth-order valence-electron chi connectivity index (χ4n) is 5.12. The van der Waals surface area contributed by atoms with Crippen molar-refractivity contribution < 1.29 is 5.11 Å². The van der Waals surface area contributed by atoms with E-state index >= 15 is 0 Å². The summed E-state index contributed by atoms with van der Waals surface area (Å²) in [5, 5.41) is 9.64. The normalized spacial score (nSPS) is 24.0. The Kier molecular flexibility index (Phi) is 7.32. The Morgan fingerprint density at radius 1 is 1.00 bits per heavy atom. The van der Waals surface area contributed by atoms with Gasteiger partial charge >= 0.3 is 0 Å². The molecule has 27 heavy (non-hydrogen) atoms. The highest BCUT2D eigenvalue weighted by atomic mass is 16.3. The van der Waals surface area contributed by atoms with E-state index in [0.29, 0.717) is 24.7 Å². The molecule has 1 atom stereocenters. The lowest BCUT2D eigenvalue weighted by atomic mass is 9.97. The van der Waals surface area contributed by atoms with Crippen LogP contribution < -0.4 is 0 Å². The zero-order valence-corrected chi connectivity index (χ0v) is 17.8. The zero-order chi connectivity index (χ0) is 19.4. The highest BCUT2D eigenvalue weighted by molar-refractivity contribution is 5.28. The molecule has 2 heterocycles. The number of rotatable bonds is 6. The molecular weight excluding hydrogens is 334 g/mol. The Bertz CT molecular complexity index is 575. The molecule has 3 rings (SSSR count). The Morgan fingerprint density at radius 2 is 1.67 bits per heavy atom. The van der Waals surface area contributed by atoms with Gasteiger partial charge in [0.05, 0.1) is 0 Å². The number of hydrogen-bond acceptors (Lipinski definition) is 4. The molecule has 152 valence electrons. The Labute approximate surface area is 166 Å². The Hall–Kier alpha value is -0.940. The molecule has 0 aromatic heterocycles. The maximum atomic E-state index is 9.64. The van der Waals surface area contributed by atoms with Gasteiger partial charge in [0.15, 0.2) is 0 Å². The second kappa shape index (κ2) is 9.51. The number of piperazine rings is 1. The molecule has 0 aliphatic carbocycles. The number of aliphatic hydroxyl groups is 1. The predicted molar refractivity (Wildman–Crippen MR) is 113 cm³/mol. The Morgan fingerprint density at radius 3 is 2.26 bits per heavy atom. The van der Waals surface area contributed by atoms with Crippen molar-refractivity contribution >= 4 is 0 Å². The molecule has 2 aliphatic heterocycles. The molecule has 1 N–H and O–H groups in total. The van der Waals surface area contributed by atoms with Crippen molar-refractivity contribution in [2.75, 3.05) is 39.3 Å². The number of aliphatic hydroxyl groups excluding tert-OH is 1. The van der Waals surface area contributed by atoms with Gasteiger partial charge in [0.25, 0.3) is 0 Å². The van der Waals surface area contributed by atoms with Crippen molar-refractivity contribution in [2.45, 2.75) is 71.6 Å². The first-order valence-electron chi connectivity index (χ1n) is 10.9. The smallest absolute Gasteiger partial charge is 0.0446 e. The van der Waals surface area contributed by atoms with Crippen molar-refractivity contribution in [3.8, 4) is 0 Å². The summed E-state index contributed by atoms with van der Waals surface area (Å²) in [6.07, 6.45) is 3.45. The summed E-state index contributed by atoms with van der Waals surface area (Å²) >= 11 is 0. The number of hydrogen-bond donors (Lipinski definition) is 1. The highest BCUT2D eigenvalue weighted by Crippen LogP contribution is 2.25. The van der Waals surface area contributed by atoms with Crippen molar-refractivity contribution in [3.63, 3.8) is 0 Å². The molecule has 1 aromatic carbocycles. The largest absolute Gasteiger partial charge is 0.396 e. The third kappa shape index (κ3) is 5.54. The number of nitrogens with zero attached hydrogens (tertiary/aromatic N) is 3. The lowest BCUT2D eigenvalue weighted by molar-refractivity contribution is -0.0000338. The topological polar surface area (TPSA) is 30.0 Å². The van der Waals surface area contributed by atoms with Crippen LogP contribution >= 0.6 is 0 Å². The van der Waals surface area contributed by atoms with Crippen LogP contribution in [0.3, 0.4) is 0 Å². The summed E-state index contributed by atoms with van der Waals surface area (Å²) in [5.74, 6) is 0. The minimum atomic E-state index is 0.295. The van der Waals surface area contributed by atoms with Crippen LogP contribution in [-0.2, 0) is 6.54 Å². The van der Waals surface area contributed by atoms with Gasteiger partial charge in [-0.1, -0.05) is 29.3 Å². The van der Waals surface area contributed by atoms with Crippen LogP contribution in [0.1, 0.15) is 49.8 Å². The Balaban J connectivity index is 1.59. The van der Waals surface area contributed by atoms with Crippen LogP contribution in [0.5, 0.6) is 0 Å². The van der Waals surface area contributed by atoms with Crippen LogP contribution in [0.15, 0.2) is 18.2 Å². The molecule has 0 spiro atoms. The standard InChI is InChI=1S/C23H39N3O/c1-18(2)25-8-5-22(6-9-25)26-11-10-24(17-23(26)7-12-27)16-21-14-19(3)13-20(4)15-21/h13-15,18,22-23,27H,5-12,16-17H2,1-4H3/t23-/m0/s1. The maximum Gasteiger partial charge on any atom is 0.0446 e. The molecule has 0 saturated carbocycles. The zero-order valence-electron chi connectivity index (χ0n) is 17.8. The van der Waals surface area contributed by atoms with Gasteiger partial charge in [-0.15, -0.1) is 0 Å². The van der Waals surface area contributed by atoms with Gasteiger partial charge in [0.1, 0.15) is 0 Å². The van der Waals surface area contributed by atoms with E-state index in [1.54, 1.807) is 0 Å². The van der Waals surface area contributed by atoms with E-state index in [2.05, 4.69) is 60.6 Å². The first-order chi connectivity index (χ1) is 13.0. The van der Waals surface area contributed by atoms with E-state index in [4.69, 9.17) is 0 Å². The summed E-state index contributed by atoms with van der Waals surface area (Å²) in [6.45, 7) is 16.1. The summed E-state index contributed by atoms with van der Waals surface area (Å²) in [7, 11) is 0. The van der Waals surface area contributed by atoms with Gasteiger partial charge in [0.2, 0.25) is 0 Å². The van der Waals surface area contributed by atoms with E-state index in [9.17, 15) is 5.11 Å². The highest BCUT2D eigenvalue weighted by Gasteiger charge is 2.33. The van der Waals surface area contributed by atoms with Crippen molar-refractivity contribution in [1.29, 1.82) is 0 Å². The van der Waals surface area contributed by atoms with Crippen molar-refractivity contribution in [3.05, 3.63) is 34.9 Å². The number of benzene rings is 1. The molecule has 1 aromatic rings. The van der Waals surface area contributed by atoms with Gasteiger partial charge in [-0.05, 0) is 65.6 Å². The molecule has 2 fully saturated rings. The molecule has 0 bridgehead atoms. The molecule has 4 heteroatoms. The first kappa shape index (κ1) is 20.8. The van der Waals surface area contributed by atoms with Crippen LogP contribution in [-0.4, -0.2) is 77.3 Å². The van der Waals surface area contributed by atoms with Crippen LogP contribution in [0, 0.1) is 13.8 Å². The van der Waals surface area contributed by atoms with Crippen LogP contribution in [0.4, 0.5) is 0 Å². The van der Waals surface area contributed by atoms with E-state index in [0.717, 1.165) is 32.6 Å². The van der Waals surface area contributed by atoms with Crippen molar-refractivity contribution in [1.82, 2.24) is 14.7 Å². The van der Waals surface area contributed by atoms with Gasteiger partial charge in [-0.2, -0.15) is 0 Å². The number of likely N-dealkylation sites (tertiary alicyclic amines) is 1. The third-order valence-corrected chi connectivity index (χ3v) is 6.46. The monoisotopic (exact) mass is 373 g/mol. The van der Waals surface area contributed by atoms with E-state index in [1.807, 2.05) is 0 Å². The summed E-state index contributed by atoms with van der Waals surface area (Å²) < 4.78 is 0. The molecule has 0 amide bonds. The minimum Gasteiger partial charge on any atom is -0.396 e. The molecule has 0 unspecified atom stereocenters. The van der Waals surface area contributed by atoms with Gasteiger partial charge in [-0.3, -0.25) is 9.80 Å². The van der Waals surface area contributed by atoms with Gasteiger partial charge < -0.3 is 10.0 Å². The maximum absolute atomic E-state index is 9.64. The van der Waals surface area contributed by atoms with E-state index in [1.165, 1.54) is 42.6 Å². The fraction of sp³-hybridized carbons (Fsp3) is 0.739. The van der Waals surface area contributed by atoms with Gasteiger partial charge in [0, 0.05) is 50.9 Å². The average molecular weight is 374 g/mol. The fourth-order valence-corrected chi connectivity index (χ4v) is 5.12. The second-order valence-electron chi connectivity index (χ2n) is 9.00. The summed E-state index contributed by atoms with van der Waals surface area (Å²) in [5.41, 5.74) is 4.13. The molecule has 2 aliphatic rings. The molecule has 2 saturated heterocycles. The number of aryl methyl sites for hydroxylation is 2. The van der Waals surface area contributed by atoms with Gasteiger partial charge in [-0.25, -0.2) is 0 Å². The molecule has 4 nitrogen and oxygen atoms in total. The summed E-state index contributed by atoms with van der Waals surface area (Å²) in [4.78, 5) is 7.92. The number of piperidine rings is 1. The van der Waals surface area contributed by atoms with Crippen LogP contribution in [0.25, 0.3) is 0 Å². The van der Waals surface area contributed by atoms with E-state index < -0.39 is 0 Å². The van der Waals surface area contributed by atoms with E-state index in [-0.39, 0.29) is 0 Å². The van der Waals surface area contributed by atoms with Crippen LogP contribution in [0.2, 0.25) is 0 Å². The lowest BCUT2D eigenvalue weighted by Crippen LogP contribution is -2.58. The first-order valence-corrected chi connectivity index (χ1v) is 10.9. The third-order valence-electron chi connectivity index (χ3n) is 6.46. The predicted octanol–water partition coefficient (Wildman–Crippen LogP) is 3.04. The van der Waals surface area contributed by atoms with Crippen molar-refractivity contribution in [2.24, 2.45) is 0 Å². The summed E-state index contributed by atoms with van der Waals surface area (Å²) in [6, 6.07) is 8.74. The SMILES string of the molecule is Cc1cc(C)cc(CN2CCN(C3CCN(C(C)C)CC3)[C@@H](CCO)C2)c1. The second-order valence-corrected chi connectivity index (χ2v) is 9.00. The molecule has 0 radical (unpaired) electrons. The lowest BCUT2D eigenvalue weighted by Gasteiger charge is -2.48.